The number of fused-ring (bicyclic) bond motifs is 1. The van der Waals surface area contributed by atoms with Crippen molar-refractivity contribution < 1.29 is 42.2 Å². The van der Waals surface area contributed by atoms with E-state index in [0.29, 0.717) is 31.1 Å². The lowest BCUT2D eigenvalue weighted by Gasteiger charge is -2.34. The Labute approximate surface area is 166 Å². The number of likely N-dealkylation sites (tertiary alicyclic amines) is 1. The first kappa shape index (κ1) is 22.3. The summed E-state index contributed by atoms with van der Waals surface area (Å²) in [6.45, 7) is 6.60. The van der Waals surface area contributed by atoms with Crippen molar-refractivity contribution in [2.24, 2.45) is 17.8 Å². The number of alkyl halides is 3. The molecule has 4 aliphatic heterocycles. The maximum Gasteiger partial charge on any atom is 0.490 e. The van der Waals surface area contributed by atoms with E-state index in [0.717, 1.165) is 58.7 Å². The molecule has 0 bridgehead atoms. The summed E-state index contributed by atoms with van der Waals surface area (Å²) in [5, 5.41) is 8.70. The van der Waals surface area contributed by atoms with E-state index < -0.39 is 12.1 Å². The van der Waals surface area contributed by atoms with Crippen molar-refractivity contribution >= 4 is 11.9 Å². The standard InChI is InChI=1S/C16H26N2O4.C2HF3O2/c19-16(18-4-1-5-22-18)15-11-21-10-12-8-17(9-14(12)15)13-2-6-20-7-3-13;3-2(4,5)1(6)7/h12-15H,1-11H2;(H,6,7)/t12-,14-,15+;/m1./s1. The molecule has 3 atom stereocenters. The molecular weight excluding hydrogens is 397 g/mol. The van der Waals surface area contributed by atoms with Crippen molar-refractivity contribution in [3.63, 3.8) is 0 Å². The fraction of sp³-hybridized carbons (Fsp3) is 0.889. The third kappa shape index (κ3) is 5.59. The molecule has 0 saturated carbocycles. The van der Waals surface area contributed by atoms with Gasteiger partial charge in [0.25, 0.3) is 5.91 Å². The molecule has 166 valence electrons. The molecule has 8 nitrogen and oxygen atoms in total. The lowest BCUT2D eigenvalue weighted by Crippen LogP contribution is -2.45. The summed E-state index contributed by atoms with van der Waals surface area (Å²) >= 11 is 0. The molecule has 1 amide bonds. The number of hydroxylamine groups is 2. The minimum Gasteiger partial charge on any atom is -0.475 e. The average molecular weight is 424 g/mol. The molecule has 11 heteroatoms. The Hall–Kier alpha value is -1.43. The van der Waals surface area contributed by atoms with E-state index >= 15 is 0 Å². The van der Waals surface area contributed by atoms with E-state index in [1.165, 1.54) is 0 Å². The summed E-state index contributed by atoms with van der Waals surface area (Å²) in [6.07, 6.45) is -1.90. The molecule has 4 saturated heterocycles. The van der Waals surface area contributed by atoms with E-state index in [2.05, 4.69) is 4.90 Å². The fourth-order valence-electron chi connectivity index (χ4n) is 4.44. The number of ether oxygens (including phenoxy) is 2. The average Bonchev–Trinajstić information content (AvgIpc) is 3.37. The normalized spacial score (nSPS) is 31.1. The lowest BCUT2D eigenvalue weighted by molar-refractivity contribution is -0.192. The molecule has 0 spiro atoms. The van der Waals surface area contributed by atoms with E-state index in [9.17, 15) is 18.0 Å². The highest BCUT2D eigenvalue weighted by Gasteiger charge is 2.47. The van der Waals surface area contributed by atoms with Crippen molar-refractivity contribution in [2.75, 3.05) is 52.7 Å². The van der Waals surface area contributed by atoms with Crippen LogP contribution in [0, 0.1) is 17.8 Å². The number of aliphatic carboxylic acids is 1. The number of halogens is 3. The number of amides is 1. The third-order valence-corrected chi connectivity index (χ3v) is 5.93. The zero-order valence-electron chi connectivity index (χ0n) is 16.1. The molecule has 0 unspecified atom stereocenters. The van der Waals surface area contributed by atoms with Crippen LogP contribution in [0.4, 0.5) is 13.2 Å². The molecule has 0 aromatic rings. The Balaban J connectivity index is 0.000000298. The fourth-order valence-corrected chi connectivity index (χ4v) is 4.44. The second kappa shape index (κ2) is 9.59. The van der Waals surface area contributed by atoms with Crippen LogP contribution in [0.25, 0.3) is 0 Å². The zero-order chi connectivity index (χ0) is 21.0. The van der Waals surface area contributed by atoms with Crippen LogP contribution in [0.3, 0.4) is 0 Å². The summed E-state index contributed by atoms with van der Waals surface area (Å²) in [5.74, 6) is -1.73. The van der Waals surface area contributed by atoms with Crippen LogP contribution in [0.2, 0.25) is 0 Å². The Kier molecular flexibility index (Phi) is 7.36. The highest BCUT2D eigenvalue weighted by molar-refractivity contribution is 5.78. The van der Waals surface area contributed by atoms with Gasteiger partial charge in [0.15, 0.2) is 0 Å². The predicted octanol–water partition coefficient (Wildman–Crippen LogP) is 1.16. The van der Waals surface area contributed by atoms with Gasteiger partial charge in [-0.15, -0.1) is 0 Å². The molecule has 4 aliphatic rings. The van der Waals surface area contributed by atoms with E-state index in [-0.39, 0.29) is 11.8 Å². The number of carbonyl (C=O) groups excluding carboxylic acids is 1. The number of hydrogen-bond donors (Lipinski definition) is 1. The Bertz CT molecular complexity index is 578. The molecule has 0 radical (unpaired) electrons. The van der Waals surface area contributed by atoms with Crippen LogP contribution in [0.1, 0.15) is 19.3 Å². The largest absolute Gasteiger partial charge is 0.490 e. The van der Waals surface area contributed by atoms with Gasteiger partial charge in [-0.3, -0.25) is 14.5 Å². The Morgan fingerprint density at radius 1 is 1.00 bits per heavy atom. The zero-order valence-corrected chi connectivity index (χ0v) is 16.1. The van der Waals surface area contributed by atoms with Gasteiger partial charge >= 0.3 is 12.1 Å². The highest BCUT2D eigenvalue weighted by atomic mass is 19.4. The van der Waals surface area contributed by atoms with Gasteiger partial charge < -0.3 is 14.6 Å². The van der Waals surface area contributed by atoms with Gasteiger partial charge in [0.05, 0.1) is 32.3 Å². The molecule has 4 rings (SSSR count). The quantitative estimate of drug-likeness (QED) is 0.712. The molecule has 0 aromatic carbocycles. The number of carbonyl (C=O) groups is 2. The van der Waals surface area contributed by atoms with Crippen LogP contribution in [-0.2, 0) is 23.9 Å². The van der Waals surface area contributed by atoms with Crippen LogP contribution in [0.5, 0.6) is 0 Å². The van der Waals surface area contributed by atoms with E-state index in [1.54, 1.807) is 5.06 Å². The summed E-state index contributed by atoms with van der Waals surface area (Å²) in [6, 6.07) is 0.623. The van der Waals surface area contributed by atoms with Gasteiger partial charge in [-0.1, -0.05) is 0 Å². The van der Waals surface area contributed by atoms with Gasteiger partial charge in [0.1, 0.15) is 0 Å². The van der Waals surface area contributed by atoms with Crippen LogP contribution in [-0.4, -0.2) is 91.8 Å². The Morgan fingerprint density at radius 2 is 1.69 bits per heavy atom. The third-order valence-electron chi connectivity index (χ3n) is 5.93. The molecule has 0 aliphatic carbocycles. The second-order valence-corrected chi connectivity index (χ2v) is 7.80. The number of carboxylic acids is 1. The molecule has 4 heterocycles. The number of nitrogens with zero attached hydrogens (tertiary/aromatic N) is 2. The van der Waals surface area contributed by atoms with Crippen LogP contribution < -0.4 is 0 Å². The molecule has 0 aromatic heterocycles. The minimum atomic E-state index is -5.08. The molecule has 29 heavy (non-hydrogen) atoms. The molecule has 1 N–H and O–H groups in total. The van der Waals surface area contributed by atoms with Gasteiger partial charge in [-0.05, 0) is 31.1 Å². The minimum absolute atomic E-state index is 0.0262. The summed E-state index contributed by atoms with van der Waals surface area (Å²) < 4.78 is 43.0. The summed E-state index contributed by atoms with van der Waals surface area (Å²) in [7, 11) is 0. The highest BCUT2D eigenvalue weighted by Crippen LogP contribution is 2.37. The van der Waals surface area contributed by atoms with Gasteiger partial charge in [0, 0.05) is 32.3 Å². The van der Waals surface area contributed by atoms with Crippen molar-refractivity contribution in [1.29, 1.82) is 0 Å². The maximum atomic E-state index is 12.7. The van der Waals surface area contributed by atoms with Crippen molar-refractivity contribution in [1.82, 2.24) is 9.96 Å². The molecular formula is C18H27F3N2O6. The Morgan fingerprint density at radius 3 is 2.28 bits per heavy atom. The van der Waals surface area contributed by atoms with Gasteiger partial charge in [-0.25, -0.2) is 9.86 Å². The van der Waals surface area contributed by atoms with Crippen molar-refractivity contribution in [3.8, 4) is 0 Å². The number of rotatable bonds is 2. The topological polar surface area (TPSA) is 88.5 Å². The van der Waals surface area contributed by atoms with E-state index in [4.69, 9.17) is 24.2 Å². The first-order valence-electron chi connectivity index (χ1n) is 9.91. The van der Waals surface area contributed by atoms with Crippen molar-refractivity contribution in [2.45, 2.75) is 31.5 Å². The van der Waals surface area contributed by atoms with Crippen LogP contribution in [0.15, 0.2) is 0 Å². The number of carboxylic acid groups (broad SMARTS) is 1. The van der Waals surface area contributed by atoms with Crippen LogP contribution >= 0.6 is 0 Å². The predicted molar refractivity (Wildman–Crippen MR) is 92.7 cm³/mol. The summed E-state index contributed by atoms with van der Waals surface area (Å²) in [5.41, 5.74) is 0. The number of hydrogen-bond acceptors (Lipinski definition) is 6. The first-order valence-corrected chi connectivity index (χ1v) is 9.91. The van der Waals surface area contributed by atoms with E-state index in [1.807, 2.05) is 0 Å². The maximum absolute atomic E-state index is 12.7. The second-order valence-electron chi connectivity index (χ2n) is 7.80. The SMILES string of the molecule is O=C(O)C(F)(F)F.O=C([C@H]1COC[C@H]2CN(C3CCOCC3)C[C@H]21)N1CCCO1. The lowest BCUT2D eigenvalue weighted by atomic mass is 9.82. The van der Waals surface area contributed by atoms with Crippen molar-refractivity contribution in [3.05, 3.63) is 0 Å². The monoisotopic (exact) mass is 424 g/mol. The van der Waals surface area contributed by atoms with Gasteiger partial charge in [0.2, 0.25) is 0 Å². The smallest absolute Gasteiger partial charge is 0.475 e. The summed E-state index contributed by atoms with van der Waals surface area (Å²) in [4.78, 5) is 29.6. The first-order chi connectivity index (χ1) is 13.8. The van der Waals surface area contributed by atoms with Gasteiger partial charge in [-0.2, -0.15) is 13.2 Å². The molecule has 4 fully saturated rings.